The number of piperidine rings is 1. The summed E-state index contributed by atoms with van der Waals surface area (Å²) in [6.07, 6.45) is 5.70. The largest absolute Gasteiger partial charge is 0.330 e. The van der Waals surface area contributed by atoms with Crippen molar-refractivity contribution in [1.29, 1.82) is 0 Å². The number of hydrogen-bond donors (Lipinski definition) is 1. The van der Waals surface area contributed by atoms with Crippen LogP contribution >= 0.6 is 0 Å². The zero-order valence-electron chi connectivity index (χ0n) is 10.1. The SMILES string of the molecule is Cn1ccc([C@H]2CCCN(CCCN)C2)n1. The number of aryl methyl sites for hydroxylation is 1. The molecule has 2 N–H and O–H groups in total. The molecule has 1 aliphatic heterocycles. The van der Waals surface area contributed by atoms with E-state index in [0.717, 1.165) is 26.1 Å². The van der Waals surface area contributed by atoms with Gasteiger partial charge < -0.3 is 10.6 Å². The molecule has 4 nitrogen and oxygen atoms in total. The van der Waals surface area contributed by atoms with E-state index in [9.17, 15) is 0 Å². The van der Waals surface area contributed by atoms with Crippen molar-refractivity contribution in [2.75, 3.05) is 26.2 Å². The molecule has 1 aromatic heterocycles. The summed E-state index contributed by atoms with van der Waals surface area (Å²) in [5.41, 5.74) is 6.80. The van der Waals surface area contributed by atoms with E-state index in [-0.39, 0.29) is 0 Å². The Hall–Kier alpha value is -0.870. The van der Waals surface area contributed by atoms with Crippen molar-refractivity contribution in [3.63, 3.8) is 0 Å². The predicted octanol–water partition coefficient (Wildman–Crippen LogP) is 0.948. The Morgan fingerprint density at radius 2 is 2.44 bits per heavy atom. The van der Waals surface area contributed by atoms with Crippen molar-refractivity contribution in [1.82, 2.24) is 14.7 Å². The van der Waals surface area contributed by atoms with Gasteiger partial charge in [-0.3, -0.25) is 4.68 Å². The second-order valence-electron chi connectivity index (χ2n) is 4.70. The Labute approximate surface area is 97.4 Å². The molecule has 0 unspecified atom stereocenters. The van der Waals surface area contributed by atoms with Gasteiger partial charge in [0.05, 0.1) is 5.69 Å². The number of rotatable bonds is 4. The lowest BCUT2D eigenvalue weighted by molar-refractivity contribution is 0.205. The Morgan fingerprint density at radius 3 is 3.12 bits per heavy atom. The van der Waals surface area contributed by atoms with Crippen LogP contribution in [-0.4, -0.2) is 40.9 Å². The van der Waals surface area contributed by atoms with Crippen molar-refractivity contribution in [3.05, 3.63) is 18.0 Å². The lowest BCUT2D eigenvalue weighted by atomic mass is 9.95. The van der Waals surface area contributed by atoms with Crippen LogP contribution in [0.2, 0.25) is 0 Å². The molecule has 0 aromatic carbocycles. The van der Waals surface area contributed by atoms with Gasteiger partial charge in [0, 0.05) is 25.7 Å². The smallest absolute Gasteiger partial charge is 0.0668 e. The number of hydrogen-bond acceptors (Lipinski definition) is 3. The number of aromatic nitrogens is 2. The molecule has 0 aliphatic carbocycles. The predicted molar refractivity (Wildman–Crippen MR) is 65.3 cm³/mol. The highest BCUT2D eigenvalue weighted by atomic mass is 15.3. The Bertz CT molecular complexity index is 321. The first-order valence-corrected chi connectivity index (χ1v) is 6.21. The van der Waals surface area contributed by atoms with E-state index in [2.05, 4.69) is 16.1 Å². The molecule has 0 bridgehead atoms. The van der Waals surface area contributed by atoms with Crippen molar-refractivity contribution in [2.24, 2.45) is 12.8 Å². The van der Waals surface area contributed by atoms with E-state index in [0.29, 0.717) is 5.92 Å². The van der Waals surface area contributed by atoms with Crippen molar-refractivity contribution >= 4 is 0 Å². The minimum absolute atomic E-state index is 0.618. The van der Waals surface area contributed by atoms with Crippen molar-refractivity contribution in [3.8, 4) is 0 Å². The third-order valence-electron chi connectivity index (χ3n) is 3.34. The molecular formula is C12H22N4. The average molecular weight is 222 g/mol. The fourth-order valence-electron chi connectivity index (χ4n) is 2.47. The van der Waals surface area contributed by atoms with Crippen LogP contribution in [0.3, 0.4) is 0 Å². The van der Waals surface area contributed by atoms with Gasteiger partial charge in [0.1, 0.15) is 0 Å². The summed E-state index contributed by atoms with van der Waals surface area (Å²) < 4.78 is 1.90. The fourth-order valence-corrected chi connectivity index (χ4v) is 2.47. The fraction of sp³-hybridized carbons (Fsp3) is 0.750. The molecule has 2 rings (SSSR count). The zero-order chi connectivity index (χ0) is 11.4. The molecule has 1 atom stereocenters. The van der Waals surface area contributed by atoms with Gasteiger partial charge in [-0.05, 0) is 45.0 Å². The third-order valence-corrected chi connectivity index (χ3v) is 3.34. The Balaban J connectivity index is 1.91. The summed E-state index contributed by atoms with van der Waals surface area (Å²) in [5.74, 6) is 0.618. The minimum Gasteiger partial charge on any atom is -0.330 e. The monoisotopic (exact) mass is 222 g/mol. The minimum atomic E-state index is 0.618. The summed E-state index contributed by atoms with van der Waals surface area (Å²) in [6.45, 7) is 4.31. The van der Waals surface area contributed by atoms with E-state index in [1.165, 1.54) is 25.1 Å². The summed E-state index contributed by atoms with van der Waals surface area (Å²) in [4.78, 5) is 2.52. The van der Waals surface area contributed by atoms with Crippen LogP contribution < -0.4 is 5.73 Å². The van der Waals surface area contributed by atoms with Gasteiger partial charge >= 0.3 is 0 Å². The first-order chi connectivity index (χ1) is 7.79. The van der Waals surface area contributed by atoms with Crippen molar-refractivity contribution < 1.29 is 0 Å². The highest BCUT2D eigenvalue weighted by Gasteiger charge is 2.22. The first kappa shape index (κ1) is 11.6. The lowest BCUT2D eigenvalue weighted by Crippen LogP contribution is -2.35. The molecule has 1 aromatic rings. The van der Waals surface area contributed by atoms with E-state index in [4.69, 9.17) is 5.73 Å². The second kappa shape index (κ2) is 5.46. The molecule has 0 amide bonds. The summed E-state index contributed by atoms with van der Waals surface area (Å²) in [7, 11) is 1.98. The molecule has 1 fully saturated rings. The molecule has 0 saturated carbocycles. The van der Waals surface area contributed by atoms with Crippen LogP contribution in [0.4, 0.5) is 0 Å². The first-order valence-electron chi connectivity index (χ1n) is 6.21. The van der Waals surface area contributed by atoms with Crippen LogP contribution in [0.5, 0.6) is 0 Å². The maximum absolute atomic E-state index is 5.55. The topological polar surface area (TPSA) is 47.1 Å². The highest BCUT2D eigenvalue weighted by molar-refractivity contribution is 5.08. The molecule has 4 heteroatoms. The van der Waals surface area contributed by atoms with Crippen LogP contribution in [0.1, 0.15) is 30.9 Å². The zero-order valence-corrected chi connectivity index (χ0v) is 10.1. The molecule has 0 spiro atoms. The van der Waals surface area contributed by atoms with Crippen LogP contribution in [0.25, 0.3) is 0 Å². The van der Waals surface area contributed by atoms with Gasteiger partial charge in [0.25, 0.3) is 0 Å². The molecule has 0 radical (unpaired) electrons. The number of nitrogens with two attached hydrogens (primary N) is 1. The standard InChI is InChI=1S/C12H22N4/c1-15-9-5-12(14-15)11-4-2-7-16(10-11)8-3-6-13/h5,9,11H,2-4,6-8,10,13H2,1H3/t11-/m0/s1. The third kappa shape index (κ3) is 2.83. The highest BCUT2D eigenvalue weighted by Crippen LogP contribution is 2.25. The number of likely N-dealkylation sites (tertiary alicyclic amines) is 1. The molecule has 90 valence electrons. The van der Waals surface area contributed by atoms with E-state index in [1.54, 1.807) is 0 Å². The van der Waals surface area contributed by atoms with Gasteiger partial charge in [-0.1, -0.05) is 0 Å². The van der Waals surface area contributed by atoms with Gasteiger partial charge in [-0.25, -0.2) is 0 Å². The van der Waals surface area contributed by atoms with E-state index < -0.39 is 0 Å². The normalized spacial score (nSPS) is 22.5. The molecular weight excluding hydrogens is 200 g/mol. The Morgan fingerprint density at radius 1 is 1.56 bits per heavy atom. The van der Waals surface area contributed by atoms with Crippen LogP contribution in [-0.2, 0) is 7.05 Å². The van der Waals surface area contributed by atoms with Gasteiger partial charge in [-0.15, -0.1) is 0 Å². The molecule has 2 heterocycles. The van der Waals surface area contributed by atoms with E-state index in [1.807, 2.05) is 17.9 Å². The molecule has 16 heavy (non-hydrogen) atoms. The summed E-state index contributed by atoms with van der Waals surface area (Å²) in [5, 5.41) is 4.51. The maximum atomic E-state index is 5.55. The Kier molecular flexibility index (Phi) is 3.96. The van der Waals surface area contributed by atoms with Crippen LogP contribution in [0.15, 0.2) is 12.3 Å². The maximum Gasteiger partial charge on any atom is 0.0668 e. The average Bonchev–Trinajstić information content (AvgIpc) is 2.74. The van der Waals surface area contributed by atoms with E-state index >= 15 is 0 Å². The van der Waals surface area contributed by atoms with Gasteiger partial charge in [0.15, 0.2) is 0 Å². The second-order valence-corrected chi connectivity index (χ2v) is 4.70. The number of nitrogens with zero attached hydrogens (tertiary/aromatic N) is 3. The van der Waals surface area contributed by atoms with Crippen molar-refractivity contribution in [2.45, 2.75) is 25.2 Å². The quantitative estimate of drug-likeness (QED) is 0.825. The summed E-state index contributed by atoms with van der Waals surface area (Å²) in [6, 6.07) is 2.15. The van der Waals surface area contributed by atoms with Crippen LogP contribution in [0, 0.1) is 0 Å². The van der Waals surface area contributed by atoms with Gasteiger partial charge in [-0.2, -0.15) is 5.10 Å². The molecule has 1 saturated heterocycles. The lowest BCUT2D eigenvalue weighted by Gasteiger charge is -2.31. The van der Waals surface area contributed by atoms with Gasteiger partial charge in [0.2, 0.25) is 0 Å². The molecule has 1 aliphatic rings. The summed E-state index contributed by atoms with van der Waals surface area (Å²) >= 11 is 0.